The molecule has 84 valence electrons. The van der Waals surface area contributed by atoms with Gasteiger partial charge in [0.25, 0.3) is 0 Å². The number of Topliss-reactive ketones (excluding diaryl/α,β-unsaturated/α-hetero) is 1. The van der Waals surface area contributed by atoms with Gasteiger partial charge in [0.15, 0.2) is 5.78 Å². The highest BCUT2D eigenvalue weighted by Gasteiger charge is 2.26. The van der Waals surface area contributed by atoms with Crippen LogP contribution in [0.2, 0.25) is 0 Å². The van der Waals surface area contributed by atoms with Crippen molar-refractivity contribution in [1.29, 1.82) is 0 Å². The second kappa shape index (κ2) is 4.47. The first-order valence-electron chi connectivity index (χ1n) is 5.45. The number of methoxy groups -OCH3 is 1. The molecule has 1 saturated carbocycles. The molecule has 0 atom stereocenters. The Labute approximate surface area is 94.4 Å². The van der Waals surface area contributed by atoms with E-state index in [1.807, 2.05) is 0 Å². The number of carbonyl (C=O) groups is 2. The predicted octanol–water partition coefficient (Wildman–Crippen LogP) is 2.46. The van der Waals surface area contributed by atoms with E-state index in [1.54, 1.807) is 24.3 Å². The van der Waals surface area contributed by atoms with Crippen LogP contribution in [0.5, 0.6) is 0 Å². The van der Waals surface area contributed by atoms with Gasteiger partial charge in [-0.3, -0.25) is 4.79 Å². The number of hydrogen-bond donors (Lipinski definition) is 0. The first kappa shape index (κ1) is 10.9. The summed E-state index contributed by atoms with van der Waals surface area (Å²) in [5.74, 6) is 0.0225. The van der Waals surface area contributed by atoms with Gasteiger partial charge in [0.2, 0.25) is 0 Å². The molecule has 2 rings (SSSR count). The molecule has 3 heteroatoms. The normalized spacial score (nSPS) is 15.3. The van der Waals surface area contributed by atoms with Crippen LogP contribution in [0.3, 0.4) is 0 Å². The van der Waals surface area contributed by atoms with Crippen molar-refractivity contribution in [2.45, 2.75) is 19.3 Å². The predicted molar refractivity (Wildman–Crippen MR) is 59.5 cm³/mol. The molecule has 0 radical (unpaired) electrons. The summed E-state index contributed by atoms with van der Waals surface area (Å²) in [6.45, 7) is 0. The number of hydrogen-bond acceptors (Lipinski definition) is 3. The monoisotopic (exact) mass is 218 g/mol. The largest absolute Gasteiger partial charge is 0.465 e. The summed E-state index contributed by atoms with van der Waals surface area (Å²) in [6, 6.07) is 6.68. The maximum absolute atomic E-state index is 11.9. The Morgan fingerprint density at radius 3 is 2.12 bits per heavy atom. The Kier molecular flexibility index (Phi) is 3.04. The average Bonchev–Trinajstić information content (AvgIpc) is 2.26. The topological polar surface area (TPSA) is 43.4 Å². The van der Waals surface area contributed by atoms with Crippen molar-refractivity contribution in [2.24, 2.45) is 5.92 Å². The van der Waals surface area contributed by atoms with E-state index in [1.165, 1.54) is 7.11 Å². The molecule has 0 heterocycles. The molecular formula is C13H14O3. The van der Waals surface area contributed by atoms with Crippen LogP contribution in [0, 0.1) is 5.92 Å². The van der Waals surface area contributed by atoms with Crippen molar-refractivity contribution < 1.29 is 14.3 Å². The van der Waals surface area contributed by atoms with Crippen LogP contribution in [0.1, 0.15) is 40.0 Å². The summed E-state index contributed by atoms with van der Waals surface area (Å²) in [4.78, 5) is 23.1. The first-order chi connectivity index (χ1) is 7.72. The fraction of sp³-hybridized carbons (Fsp3) is 0.385. The number of carbonyl (C=O) groups excluding carboxylic acids is 2. The van der Waals surface area contributed by atoms with E-state index in [9.17, 15) is 9.59 Å². The Hall–Kier alpha value is -1.64. The lowest BCUT2D eigenvalue weighted by Gasteiger charge is -2.23. The van der Waals surface area contributed by atoms with Gasteiger partial charge in [-0.1, -0.05) is 18.6 Å². The van der Waals surface area contributed by atoms with E-state index < -0.39 is 0 Å². The van der Waals surface area contributed by atoms with Crippen LogP contribution in [0.4, 0.5) is 0 Å². The zero-order chi connectivity index (χ0) is 11.5. The maximum Gasteiger partial charge on any atom is 0.337 e. The molecule has 0 amide bonds. The minimum atomic E-state index is -0.373. The fourth-order valence-electron chi connectivity index (χ4n) is 1.79. The van der Waals surface area contributed by atoms with Gasteiger partial charge in [0, 0.05) is 11.5 Å². The van der Waals surface area contributed by atoms with Gasteiger partial charge in [0.05, 0.1) is 12.7 Å². The van der Waals surface area contributed by atoms with Gasteiger partial charge in [-0.05, 0) is 25.0 Å². The van der Waals surface area contributed by atoms with Gasteiger partial charge in [-0.2, -0.15) is 0 Å². The van der Waals surface area contributed by atoms with Crippen molar-refractivity contribution in [1.82, 2.24) is 0 Å². The van der Waals surface area contributed by atoms with Crippen molar-refractivity contribution in [2.75, 3.05) is 7.11 Å². The summed E-state index contributed by atoms with van der Waals surface area (Å²) in [6.07, 6.45) is 3.14. The van der Waals surface area contributed by atoms with Gasteiger partial charge < -0.3 is 4.74 Å². The van der Waals surface area contributed by atoms with E-state index in [2.05, 4.69) is 4.74 Å². The summed E-state index contributed by atoms with van der Waals surface area (Å²) in [5, 5.41) is 0. The minimum Gasteiger partial charge on any atom is -0.465 e. The SMILES string of the molecule is COC(=O)c1ccc(C(=O)C2CCC2)cc1. The maximum atomic E-state index is 11.9. The summed E-state index contributed by atoms with van der Waals surface area (Å²) >= 11 is 0. The highest BCUT2D eigenvalue weighted by Crippen LogP contribution is 2.29. The van der Waals surface area contributed by atoms with Crippen molar-refractivity contribution in [3.63, 3.8) is 0 Å². The van der Waals surface area contributed by atoms with Crippen molar-refractivity contribution in [3.05, 3.63) is 35.4 Å². The number of esters is 1. The Bertz CT molecular complexity index is 402. The van der Waals surface area contributed by atoms with E-state index >= 15 is 0 Å². The molecule has 0 spiro atoms. The highest BCUT2D eigenvalue weighted by molar-refractivity contribution is 5.99. The van der Waals surface area contributed by atoms with Gasteiger partial charge in [0.1, 0.15) is 0 Å². The lowest BCUT2D eigenvalue weighted by molar-refractivity contribution is 0.0600. The van der Waals surface area contributed by atoms with Crippen LogP contribution in [0.15, 0.2) is 24.3 Å². The van der Waals surface area contributed by atoms with Crippen molar-refractivity contribution in [3.8, 4) is 0 Å². The Balaban J connectivity index is 2.12. The molecule has 1 aromatic rings. The number of rotatable bonds is 3. The van der Waals surface area contributed by atoms with Gasteiger partial charge in [-0.25, -0.2) is 4.79 Å². The quantitative estimate of drug-likeness (QED) is 0.578. The molecule has 16 heavy (non-hydrogen) atoms. The molecule has 0 aliphatic heterocycles. The van der Waals surface area contributed by atoms with Crippen LogP contribution in [-0.2, 0) is 4.74 Å². The van der Waals surface area contributed by atoms with E-state index in [4.69, 9.17) is 0 Å². The lowest BCUT2D eigenvalue weighted by Crippen LogP contribution is -2.21. The molecule has 1 aliphatic carbocycles. The molecule has 0 bridgehead atoms. The molecule has 1 aromatic carbocycles. The third-order valence-corrected chi connectivity index (χ3v) is 3.07. The average molecular weight is 218 g/mol. The fourth-order valence-corrected chi connectivity index (χ4v) is 1.79. The standard InChI is InChI=1S/C13H14O3/c1-16-13(15)11-7-5-10(6-8-11)12(14)9-3-2-4-9/h5-9H,2-4H2,1H3. The molecule has 0 unspecified atom stereocenters. The Morgan fingerprint density at radius 2 is 1.69 bits per heavy atom. The third kappa shape index (κ3) is 1.98. The summed E-state index contributed by atoms with van der Waals surface area (Å²) < 4.78 is 4.59. The molecule has 0 N–H and O–H groups in total. The van der Waals surface area contributed by atoms with E-state index in [-0.39, 0.29) is 17.7 Å². The van der Waals surface area contributed by atoms with Crippen LogP contribution in [0.25, 0.3) is 0 Å². The molecule has 0 saturated heterocycles. The number of benzene rings is 1. The second-order valence-corrected chi connectivity index (χ2v) is 4.06. The van der Waals surface area contributed by atoms with Crippen LogP contribution in [-0.4, -0.2) is 18.9 Å². The van der Waals surface area contributed by atoms with Crippen LogP contribution >= 0.6 is 0 Å². The Morgan fingerprint density at radius 1 is 1.12 bits per heavy atom. The van der Waals surface area contributed by atoms with E-state index in [0.29, 0.717) is 11.1 Å². The minimum absolute atomic E-state index is 0.197. The second-order valence-electron chi connectivity index (χ2n) is 4.06. The van der Waals surface area contributed by atoms with Crippen LogP contribution < -0.4 is 0 Å². The first-order valence-corrected chi connectivity index (χ1v) is 5.45. The number of ether oxygens (including phenoxy) is 1. The summed E-state index contributed by atoms with van der Waals surface area (Å²) in [5.41, 5.74) is 1.17. The zero-order valence-corrected chi connectivity index (χ0v) is 9.23. The molecule has 0 aromatic heterocycles. The molecule has 3 nitrogen and oxygen atoms in total. The number of ketones is 1. The van der Waals surface area contributed by atoms with Crippen molar-refractivity contribution >= 4 is 11.8 Å². The van der Waals surface area contributed by atoms with E-state index in [0.717, 1.165) is 19.3 Å². The third-order valence-electron chi connectivity index (χ3n) is 3.07. The smallest absolute Gasteiger partial charge is 0.337 e. The van der Waals surface area contributed by atoms with Gasteiger partial charge >= 0.3 is 5.97 Å². The molecular weight excluding hydrogens is 204 g/mol. The molecule has 1 fully saturated rings. The highest BCUT2D eigenvalue weighted by atomic mass is 16.5. The molecule has 1 aliphatic rings. The summed E-state index contributed by atoms with van der Waals surface area (Å²) in [7, 11) is 1.34. The lowest BCUT2D eigenvalue weighted by atomic mass is 9.80. The van der Waals surface area contributed by atoms with Gasteiger partial charge in [-0.15, -0.1) is 0 Å². The zero-order valence-electron chi connectivity index (χ0n) is 9.23.